The Morgan fingerprint density at radius 2 is 1.84 bits per heavy atom. The van der Waals surface area contributed by atoms with E-state index in [1.165, 1.54) is 25.7 Å². The Morgan fingerprint density at radius 3 is 2.16 bits per heavy atom. The zero-order chi connectivity index (χ0) is 14.3. The van der Waals surface area contributed by atoms with Crippen LogP contribution in [0, 0.1) is 0 Å². The fourth-order valence-corrected chi connectivity index (χ4v) is 3.91. The molecule has 112 valence electrons. The minimum absolute atomic E-state index is 0.173. The summed E-state index contributed by atoms with van der Waals surface area (Å²) in [6.45, 7) is 5.33. The molecule has 0 radical (unpaired) electrons. The smallest absolute Gasteiger partial charge is 0.0470 e. The summed E-state index contributed by atoms with van der Waals surface area (Å²) in [5, 5.41) is 0. The third-order valence-electron chi connectivity index (χ3n) is 5.93. The molecule has 0 aromatic rings. The van der Waals surface area contributed by atoms with Crippen LogP contribution in [0.5, 0.6) is 0 Å². The van der Waals surface area contributed by atoms with Gasteiger partial charge in [0.25, 0.3) is 0 Å². The Balaban J connectivity index is 2.07. The SMILES string of the molecule is CC1CC(CN)(N(C)CC2(N(C)C)CCC2)CN1C. The summed E-state index contributed by atoms with van der Waals surface area (Å²) in [5.74, 6) is 0. The van der Waals surface area contributed by atoms with Crippen LogP contribution in [-0.4, -0.2) is 79.6 Å². The quantitative estimate of drug-likeness (QED) is 0.801. The Hall–Kier alpha value is -0.160. The van der Waals surface area contributed by atoms with E-state index in [9.17, 15) is 0 Å². The van der Waals surface area contributed by atoms with Gasteiger partial charge in [0.15, 0.2) is 0 Å². The molecule has 2 atom stereocenters. The number of hydrogen-bond acceptors (Lipinski definition) is 4. The maximum Gasteiger partial charge on any atom is 0.0470 e. The van der Waals surface area contributed by atoms with Crippen LogP contribution in [-0.2, 0) is 0 Å². The minimum Gasteiger partial charge on any atom is -0.329 e. The molecular formula is C15H32N4. The molecule has 4 heteroatoms. The van der Waals surface area contributed by atoms with Crippen LogP contribution in [0.25, 0.3) is 0 Å². The summed E-state index contributed by atoms with van der Waals surface area (Å²) < 4.78 is 0. The highest BCUT2D eigenvalue weighted by Gasteiger charge is 2.47. The van der Waals surface area contributed by atoms with Gasteiger partial charge in [0.1, 0.15) is 0 Å². The first-order chi connectivity index (χ1) is 8.85. The lowest BCUT2D eigenvalue weighted by molar-refractivity contribution is -0.00494. The molecule has 1 saturated heterocycles. The zero-order valence-corrected chi connectivity index (χ0v) is 13.4. The Bertz CT molecular complexity index is 301. The Kier molecular flexibility index (Phi) is 4.26. The maximum absolute atomic E-state index is 6.17. The molecule has 1 saturated carbocycles. The van der Waals surface area contributed by atoms with Crippen molar-refractivity contribution in [3.63, 3.8) is 0 Å². The van der Waals surface area contributed by atoms with E-state index in [4.69, 9.17) is 5.73 Å². The van der Waals surface area contributed by atoms with E-state index in [0.717, 1.165) is 19.6 Å². The second-order valence-electron chi connectivity index (χ2n) is 7.23. The normalized spacial score (nSPS) is 35.1. The summed E-state index contributed by atoms with van der Waals surface area (Å²) in [7, 11) is 8.96. The summed E-state index contributed by atoms with van der Waals surface area (Å²) in [6.07, 6.45) is 5.23. The van der Waals surface area contributed by atoms with Gasteiger partial charge in [0.05, 0.1) is 0 Å². The van der Waals surface area contributed by atoms with Gasteiger partial charge >= 0.3 is 0 Å². The van der Waals surface area contributed by atoms with Crippen LogP contribution in [0.3, 0.4) is 0 Å². The highest BCUT2D eigenvalue weighted by Crippen LogP contribution is 2.39. The van der Waals surface area contributed by atoms with Crippen molar-refractivity contribution in [2.45, 2.75) is 49.7 Å². The Morgan fingerprint density at radius 1 is 1.21 bits per heavy atom. The lowest BCUT2D eigenvalue weighted by Gasteiger charge is -2.52. The van der Waals surface area contributed by atoms with Gasteiger partial charge in [-0.25, -0.2) is 0 Å². The first-order valence-electron chi connectivity index (χ1n) is 7.64. The van der Waals surface area contributed by atoms with Gasteiger partial charge in [-0.05, 0) is 60.8 Å². The molecule has 0 spiro atoms. The number of hydrogen-bond donors (Lipinski definition) is 1. The summed E-state index contributed by atoms with van der Waals surface area (Å²) >= 11 is 0. The van der Waals surface area contributed by atoms with Crippen molar-refractivity contribution in [3.05, 3.63) is 0 Å². The van der Waals surface area contributed by atoms with Crippen LogP contribution >= 0.6 is 0 Å². The van der Waals surface area contributed by atoms with Crippen LogP contribution < -0.4 is 5.73 Å². The van der Waals surface area contributed by atoms with Gasteiger partial charge < -0.3 is 15.5 Å². The molecule has 0 aromatic heterocycles. The number of rotatable bonds is 5. The van der Waals surface area contributed by atoms with Gasteiger partial charge in [-0.1, -0.05) is 0 Å². The van der Waals surface area contributed by atoms with Gasteiger partial charge in [-0.2, -0.15) is 0 Å². The molecule has 1 aliphatic carbocycles. The second-order valence-corrected chi connectivity index (χ2v) is 7.23. The molecule has 4 nitrogen and oxygen atoms in total. The van der Waals surface area contributed by atoms with E-state index in [1.807, 2.05) is 0 Å². The van der Waals surface area contributed by atoms with E-state index in [0.29, 0.717) is 11.6 Å². The van der Waals surface area contributed by atoms with E-state index in [1.54, 1.807) is 0 Å². The number of likely N-dealkylation sites (N-methyl/N-ethyl adjacent to an activating group) is 3. The van der Waals surface area contributed by atoms with Gasteiger partial charge in [0.2, 0.25) is 0 Å². The lowest BCUT2D eigenvalue weighted by Crippen LogP contribution is -2.63. The zero-order valence-electron chi connectivity index (χ0n) is 13.4. The molecular weight excluding hydrogens is 236 g/mol. The molecule has 2 unspecified atom stereocenters. The average molecular weight is 268 g/mol. The van der Waals surface area contributed by atoms with E-state index in [-0.39, 0.29) is 5.54 Å². The predicted octanol–water partition coefficient (Wildman–Crippen LogP) is 0.824. The lowest BCUT2D eigenvalue weighted by atomic mass is 9.74. The molecule has 0 amide bonds. The summed E-state index contributed by atoms with van der Waals surface area (Å²) in [6, 6.07) is 0.641. The van der Waals surface area contributed by atoms with Gasteiger partial charge in [-0.15, -0.1) is 0 Å². The van der Waals surface area contributed by atoms with Crippen molar-refractivity contribution in [2.75, 3.05) is 47.8 Å². The molecule has 2 fully saturated rings. The number of nitrogens with two attached hydrogens (primary N) is 1. The molecule has 2 aliphatic rings. The van der Waals surface area contributed by atoms with Crippen molar-refractivity contribution in [3.8, 4) is 0 Å². The second kappa shape index (κ2) is 5.32. The molecule has 2 N–H and O–H groups in total. The van der Waals surface area contributed by atoms with Crippen LogP contribution in [0.15, 0.2) is 0 Å². The molecule has 2 rings (SSSR count). The van der Waals surface area contributed by atoms with Crippen molar-refractivity contribution in [2.24, 2.45) is 5.73 Å². The summed E-state index contributed by atoms with van der Waals surface area (Å²) in [5.41, 5.74) is 6.73. The highest BCUT2D eigenvalue weighted by molar-refractivity contribution is 5.06. The fourth-order valence-electron chi connectivity index (χ4n) is 3.91. The van der Waals surface area contributed by atoms with Crippen LogP contribution in [0.1, 0.15) is 32.6 Å². The molecule has 1 heterocycles. The van der Waals surface area contributed by atoms with E-state index >= 15 is 0 Å². The topological polar surface area (TPSA) is 35.7 Å². The van der Waals surface area contributed by atoms with E-state index in [2.05, 4.69) is 49.8 Å². The predicted molar refractivity (Wildman–Crippen MR) is 81.4 cm³/mol. The third kappa shape index (κ3) is 2.56. The molecule has 0 aromatic carbocycles. The first kappa shape index (κ1) is 15.2. The maximum atomic E-state index is 6.17. The van der Waals surface area contributed by atoms with Crippen LogP contribution in [0.4, 0.5) is 0 Å². The van der Waals surface area contributed by atoms with Crippen molar-refractivity contribution in [1.29, 1.82) is 0 Å². The highest BCUT2D eigenvalue weighted by atomic mass is 15.3. The fraction of sp³-hybridized carbons (Fsp3) is 1.00. The van der Waals surface area contributed by atoms with Gasteiger partial charge in [-0.3, -0.25) is 4.90 Å². The monoisotopic (exact) mass is 268 g/mol. The van der Waals surface area contributed by atoms with E-state index < -0.39 is 0 Å². The first-order valence-corrected chi connectivity index (χ1v) is 7.64. The number of likely N-dealkylation sites (tertiary alicyclic amines) is 1. The third-order valence-corrected chi connectivity index (χ3v) is 5.93. The molecule has 0 bridgehead atoms. The van der Waals surface area contributed by atoms with Crippen molar-refractivity contribution >= 4 is 0 Å². The summed E-state index contributed by atoms with van der Waals surface area (Å²) in [4.78, 5) is 7.44. The molecule has 19 heavy (non-hydrogen) atoms. The number of nitrogens with zero attached hydrogens (tertiary/aromatic N) is 3. The van der Waals surface area contributed by atoms with Gasteiger partial charge in [0, 0.05) is 36.8 Å². The largest absolute Gasteiger partial charge is 0.329 e. The minimum atomic E-state index is 0.173. The standard InChI is InChI=1S/C15H32N4/c1-13-9-15(10-16,11-18(13)4)19(5)12-14(17(2)3)7-6-8-14/h13H,6-12,16H2,1-5H3. The van der Waals surface area contributed by atoms with Crippen molar-refractivity contribution in [1.82, 2.24) is 14.7 Å². The Labute approximate surface area is 118 Å². The van der Waals surface area contributed by atoms with Crippen LogP contribution in [0.2, 0.25) is 0 Å². The average Bonchev–Trinajstić information content (AvgIpc) is 2.60. The molecule has 1 aliphatic heterocycles. The van der Waals surface area contributed by atoms with Crippen molar-refractivity contribution < 1.29 is 0 Å².